The molecule has 2 unspecified atom stereocenters. The predicted octanol–water partition coefficient (Wildman–Crippen LogP) is 2.65. The van der Waals surface area contributed by atoms with Crippen LogP contribution in [0.1, 0.15) is 33.1 Å². The molecule has 0 heteroatoms. The molecule has 0 spiro atoms. The minimum Gasteiger partial charge on any atom is -0.0625 e. The third kappa shape index (κ3) is 1.24. The Morgan fingerprint density at radius 2 is 2.25 bits per heavy atom. The molecule has 1 rings (SSSR count). The molecule has 1 saturated carbocycles. The van der Waals surface area contributed by atoms with Gasteiger partial charge in [-0.05, 0) is 31.1 Å². The van der Waals surface area contributed by atoms with Gasteiger partial charge in [0, 0.05) is 0 Å². The molecule has 1 fully saturated rings. The van der Waals surface area contributed by atoms with Crippen LogP contribution in [-0.4, -0.2) is 0 Å². The van der Waals surface area contributed by atoms with Crippen molar-refractivity contribution in [3.8, 4) is 0 Å². The summed E-state index contributed by atoms with van der Waals surface area (Å²) in [5.41, 5.74) is 0.416. The number of rotatable bonds is 0. The quantitative estimate of drug-likeness (QED) is 0.451. The van der Waals surface area contributed by atoms with Crippen LogP contribution in [0.15, 0.2) is 0 Å². The van der Waals surface area contributed by atoms with E-state index in [1.807, 2.05) is 0 Å². The Bertz CT molecular complexity index is 82.0. The third-order valence-electron chi connectivity index (χ3n) is 2.08. The van der Waals surface area contributed by atoms with Crippen LogP contribution in [0.2, 0.25) is 0 Å². The van der Waals surface area contributed by atoms with E-state index in [0.717, 1.165) is 5.92 Å². The first-order chi connectivity index (χ1) is 3.60. The summed E-state index contributed by atoms with van der Waals surface area (Å²) in [6, 6.07) is 0. The molecule has 2 atom stereocenters. The van der Waals surface area contributed by atoms with Crippen LogP contribution in [0.5, 0.6) is 0 Å². The second-order valence-electron chi connectivity index (χ2n) is 3.66. The normalized spacial score (nSPS) is 35.6. The van der Waals surface area contributed by atoms with Gasteiger partial charge < -0.3 is 0 Å². The van der Waals surface area contributed by atoms with Gasteiger partial charge in [-0.15, -0.1) is 0 Å². The third-order valence-corrected chi connectivity index (χ3v) is 2.08. The topological polar surface area (TPSA) is 0 Å². The van der Waals surface area contributed by atoms with Crippen molar-refractivity contribution in [1.82, 2.24) is 0 Å². The molecule has 0 heterocycles. The Labute approximate surface area is 52.3 Å². The minimum absolute atomic E-state index is 0.416. The highest BCUT2D eigenvalue weighted by Crippen LogP contribution is 2.39. The van der Waals surface area contributed by atoms with Crippen molar-refractivity contribution in [2.24, 2.45) is 11.3 Å². The average molecular weight is 111 g/mol. The van der Waals surface area contributed by atoms with Gasteiger partial charge in [0.1, 0.15) is 0 Å². The standard InChI is InChI=1S/C8H15/c1-7-4-5-8(2,3)6-7/h7H,2,4-6H2,1,3H3. The summed E-state index contributed by atoms with van der Waals surface area (Å²) in [7, 11) is 0. The van der Waals surface area contributed by atoms with Gasteiger partial charge in [0.15, 0.2) is 0 Å². The SMILES string of the molecule is [CH2]C1(C)CCC(C)C1. The van der Waals surface area contributed by atoms with Gasteiger partial charge in [-0.2, -0.15) is 0 Å². The van der Waals surface area contributed by atoms with E-state index in [2.05, 4.69) is 20.8 Å². The Morgan fingerprint density at radius 1 is 1.62 bits per heavy atom. The highest BCUT2D eigenvalue weighted by Gasteiger charge is 2.27. The van der Waals surface area contributed by atoms with Crippen molar-refractivity contribution < 1.29 is 0 Å². The van der Waals surface area contributed by atoms with Crippen molar-refractivity contribution in [1.29, 1.82) is 0 Å². The highest BCUT2D eigenvalue weighted by atomic mass is 14.3. The van der Waals surface area contributed by atoms with E-state index in [-0.39, 0.29) is 0 Å². The van der Waals surface area contributed by atoms with Gasteiger partial charge in [0.25, 0.3) is 0 Å². The van der Waals surface area contributed by atoms with E-state index >= 15 is 0 Å². The molecule has 0 aromatic carbocycles. The maximum atomic E-state index is 4.12. The summed E-state index contributed by atoms with van der Waals surface area (Å²) in [5.74, 6) is 0.928. The van der Waals surface area contributed by atoms with Crippen LogP contribution >= 0.6 is 0 Å². The first-order valence-corrected chi connectivity index (χ1v) is 3.45. The summed E-state index contributed by atoms with van der Waals surface area (Å²) >= 11 is 0. The summed E-state index contributed by atoms with van der Waals surface area (Å²) in [6.45, 7) is 8.70. The molecule has 0 saturated heterocycles. The molecule has 0 nitrogen and oxygen atoms in total. The molecular weight excluding hydrogens is 96.1 g/mol. The Morgan fingerprint density at radius 3 is 2.38 bits per heavy atom. The summed E-state index contributed by atoms with van der Waals surface area (Å²) < 4.78 is 0. The zero-order valence-corrected chi connectivity index (χ0v) is 5.91. The molecule has 0 aliphatic heterocycles. The Hall–Kier alpha value is 0. The van der Waals surface area contributed by atoms with Gasteiger partial charge in [0.05, 0.1) is 0 Å². The fourth-order valence-electron chi connectivity index (χ4n) is 1.64. The zero-order valence-electron chi connectivity index (χ0n) is 5.91. The lowest BCUT2D eigenvalue weighted by Crippen LogP contribution is -2.04. The van der Waals surface area contributed by atoms with E-state index in [4.69, 9.17) is 0 Å². The van der Waals surface area contributed by atoms with Gasteiger partial charge in [-0.1, -0.05) is 20.3 Å². The maximum Gasteiger partial charge on any atom is -0.0323 e. The fourth-order valence-corrected chi connectivity index (χ4v) is 1.64. The molecule has 8 heavy (non-hydrogen) atoms. The van der Waals surface area contributed by atoms with Gasteiger partial charge in [-0.25, -0.2) is 0 Å². The van der Waals surface area contributed by atoms with Crippen molar-refractivity contribution >= 4 is 0 Å². The van der Waals surface area contributed by atoms with Gasteiger partial charge >= 0.3 is 0 Å². The molecule has 47 valence electrons. The van der Waals surface area contributed by atoms with Gasteiger partial charge in [0.2, 0.25) is 0 Å². The van der Waals surface area contributed by atoms with Crippen molar-refractivity contribution in [3.63, 3.8) is 0 Å². The summed E-state index contributed by atoms with van der Waals surface area (Å²) in [4.78, 5) is 0. The first kappa shape index (κ1) is 6.12. The molecule has 1 radical (unpaired) electrons. The lowest BCUT2D eigenvalue weighted by molar-refractivity contribution is 0.421. The molecule has 0 amide bonds. The Kier molecular flexibility index (Phi) is 1.34. The van der Waals surface area contributed by atoms with E-state index in [1.54, 1.807) is 0 Å². The monoisotopic (exact) mass is 111 g/mol. The second-order valence-corrected chi connectivity index (χ2v) is 3.66. The maximum absolute atomic E-state index is 4.12. The van der Waals surface area contributed by atoms with Crippen LogP contribution in [0.4, 0.5) is 0 Å². The molecule has 1 aliphatic carbocycles. The molecule has 0 aromatic rings. The van der Waals surface area contributed by atoms with E-state index in [9.17, 15) is 0 Å². The van der Waals surface area contributed by atoms with E-state index < -0.39 is 0 Å². The minimum atomic E-state index is 0.416. The highest BCUT2D eigenvalue weighted by molar-refractivity contribution is 4.85. The summed E-state index contributed by atoms with van der Waals surface area (Å²) in [5, 5.41) is 0. The van der Waals surface area contributed by atoms with Crippen LogP contribution in [0.3, 0.4) is 0 Å². The lowest BCUT2D eigenvalue weighted by atomic mass is 9.91. The average Bonchev–Trinajstić information content (AvgIpc) is 1.82. The second kappa shape index (κ2) is 1.75. The van der Waals surface area contributed by atoms with Crippen LogP contribution < -0.4 is 0 Å². The van der Waals surface area contributed by atoms with Gasteiger partial charge in [-0.3, -0.25) is 0 Å². The Balaban J connectivity index is 2.44. The first-order valence-electron chi connectivity index (χ1n) is 3.45. The fraction of sp³-hybridized carbons (Fsp3) is 0.875. The van der Waals surface area contributed by atoms with E-state index in [1.165, 1.54) is 19.3 Å². The molecule has 0 N–H and O–H groups in total. The van der Waals surface area contributed by atoms with E-state index in [0.29, 0.717) is 5.41 Å². The largest absolute Gasteiger partial charge is 0.0625 e. The van der Waals surface area contributed by atoms with Crippen molar-refractivity contribution in [2.45, 2.75) is 33.1 Å². The number of hydrogen-bond donors (Lipinski definition) is 0. The zero-order chi connectivity index (χ0) is 6.20. The number of hydrogen-bond acceptors (Lipinski definition) is 0. The van der Waals surface area contributed by atoms with Crippen molar-refractivity contribution in [3.05, 3.63) is 6.92 Å². The molecule has 0 bridgehead atoms. The molecule has 1 aliphatic rings. The smallest absolute Gasteiger partial charge is 0.0323 e. The van der Waals surface area contributed by atoms with Crippen LogP contribution in [-0.2, 0) is 0 Å². The lowest BCUT2D eigenvalue weighted by Gasteiger charge is -2.14. The predicted molar refractivity (Wildman–Crippen MR) is 36.5 cm³/mol. The van der Waals surface area contributed by atoms with Crippen LogP contribution in [0.25, 0.3) is 0 Å². The molecule has 0 aromatic heterocycles. The van der Waals surface area contributed by atoms with Crippen molar-refractivity contribution in [2.75, 3.05) is 0 Å². The summed E-state index contributed by atoms with van der Waals surface area (Å²) in [6.07, 6.45) is 4.04. The van der Waals surface area contributed by atoms with Crippen LogP contribution in [0, 0.1) is 18.3 Å². The molecular formula is C8H15.